The first-order valence-corrected chi connectivity index (χ1v) is 5.93. The molecule has 96 valence electrons. The van der Waals surface area contributed by atoms with Gasteiger partial charge in [-0.1, -0.05) is 23.2 Å². The minimum Gasteiger partial charge on any atom is -0.495 e. The fourth-order valence-electron chi connectivity index (χ4n) is 1.45. The molecule has 1 heterocycles. The number of aromatic nitrogens is 2. The summed E-state index contributed by atoms with van der Waals surface area (Å²) in [5.41, 5.74) is 1.65. The molecule has 0 amide bonds. The number of nitrogens with zero attached hydrogens (tertiary/aromatic N) is 3. The Morgan fingerprint density at radius 3 is 2.68 bits per heavy atom. The zero-order valence-corrected chi connectivity index (χ0v) is 11.3. The molecule has 0 fully saturated rings. The highest BCUT2D eigenvalue weighted by Crippen LogP contribution is 2.31. The lowest BCUT2D eigenvalue weighted by atomic mass is 10.2. The predicted molar refractivity (Wildman–Crippen MR) is 73.0 cm³/mol. The molecule has 0 aliphatic carbocycles. The molecule has 0 atom stereocenters. The number of benzene rings is 1. The Kier molecular flexibility index (Phi) is 4.05. The smallest absolute Gasteiger partial charge is 0.175 e. The van der Waals surface area contributed by atoms with Gasteiger partial charge < -0.3 is 10.1 Å². The summed E-state index contributed by atoms with van der Waals surface area (Å²) in [6, 6.07) is 8.58. The van der Waals surface area contributed by atoms with Crippen molar-refractivity contribution in [1.82, 2.24) is 10.2 Å². The van der Waals surface area contributed by atoms with E-state index in [2.05, 4.69) is 15.5 Å². The SMILES string of the molecule is COc1cc(C#N)ccc1Nc1cc(Cl)nnc1Cl. The quantitative estimate of drug-likeness (QED) is 0.939. The Hall–Kier alpha value is -2.03. The third kappa shape index (κ3) is 3.05. The summed E-state index contributed by atoms with van der Waals surface area (Å²) >= 11 is 11.7. The number of rotatable bonds is 3. The van der Waals surface area contributed by atoms with E-state index in [1.807, 2.05) is 6.07 Å². The van der Waals surface area contributed by atoms with Crippen LogP contribution in [0.4, 0.5) is 11.4 Å². The first-order chi connectivity index (χ1) is 9.13. The van der Waals surface area contributed by atoms with Crippen LogP contribution >= 0.6 is 23.2 Å². The van der Waals surface area contributed by atoms with E-state index in [1.165, 1.54) is 7.11 Å². The van der Waals surface area contributed by atoms with Crippen LogP contribution in [0.25, 0.3) is 0 Å². The van der Waals surface area contributed by atoms with Crippen molar-refractivity contribution in [3.05, 3.63) is 40.1 Å². The van der Waals surface area contributed by atoms with E-state index in [0.717, 1.165) is 0 Å². The maximum Gasteiger partial charge on any atom is 0.175 e. The van der Waals surface area contributed by atoms with Crippen molar-refractivity contribution in [2.45, 2.75) is 0 Å². The molecule has 1 N–H and O–H groups in total. The maximum atomic E-state index is 8.84. The Bertz CT molecular complexity index is 655. The maximum absolute atomic E-state index is 8.84. The van der Waals surface area contributed by atoms with Crippen LogP contribution in [0.3, 0.4) is 0 Å². The van der Waals surface area contributed by atoms with E-state index in [9.17, 15) is 0 Å². The zero-order chi connectivity index (χ0) is 13.8. The van der Waals surface area contributed by atoms with Crippen LogP contribution < -0.4 is 10.1 Å². The molecule has 19 heavy (non-hydrogen) atoms. The van der Waals surface area contributed by atoms with Crippen LogP contribution in [-0.2, 0) is 0 Å². The summed E-state index contributed by atoms with van der Waals surface area (Å²) < 4.78 is 5.20. The fraction of sp³-hybridized carbons (Fsp3) is 0.0833. The molecule has 0 aliphatic heterocycles. The molecule has 0 unspecified atom stereocenters. The number of methoxy groups -OCH3 is 1. The van der Waals surface area contributed by atoms with Crippen LogP contribution in [0.1, 0.15) is 5.56 Å². The predicted octanol–water partition coefficient (Wildman–Crippen LogP) is 3.41. The van der Waals surface area contributed by atoms with E-state index in [4.69, 9.17) is 33.2 Å². The van der Waals surface area contributed by atoms with Crippen molar-refractivity contribution in [3.8, 4) is 11.8 Å². The van der Waals surface area contributed by atoms with Gasteiger partial charge in [0, 0.05) is 12.1 Å². The summed E-state index contributed by atoms with van der Waals surface area (Å²) in [7, 11) is 1.51. The van der Waals surface area contributed by atoms with Gasteiger partial charge in [-0.05, 0) is 12.1 Å². The standard InChI is InChI=1S/C12H8Cl2N4O/c1-19-10-4-7(6-15)2-3-8(10)16-9-5-11(13)17-18-12(9)14/h2-5H,1H3,(H,16,17). The largest absolute Gasteiger partial charge is 0.495 e. The van der Waals surface area contributed by atoms with Crippen LogP contribution in [0.2, 0.25) is 10.3 Å². The van der Waals surface area contributed by atoms with Gasteiger partial charge in [0.15, 0.2) is 10.3 Å². The molecular formula is C12H8Cl2N4O. The Balaban J connectivity index is 2.38. The zero-order valence-electron chi connectivity index (χ0n) is 9.82. The lowest BCUT2D eigenvalue weighted by molar-refractivity contribution is 0.416. The van der Waals surface area contributed by atoms with E-state index >= 15 is 0 Å². The number of ether oxygens (including phenoxy) is 1. The minimum absolute atomic E-state index is 0.191. The summed E-state index contributed by atoms with van der Waals surface area (Å²) in [6.45, 7) is 0. The topological polar surface area (TPSA) is 70.8 Å². The van der Waals surface area contributed by atoms with Gasteiger partial charge in [0.25, 0.3) is 0 Å². The van der Waals surface area contributed by atoms with Gasteiger partial charge >= 0.3 is 0 Å². The Morgan fingerprint density at radius 2 is 2.00 bits per heavy atom. The average Bonchev–Trinajstić information content (AvgIpc) is 2.43. The minimum atomic E-state index is 0.191. The van der Waals surface area contributed by atoms with Crippen LogP contribution in [0, 0.1) is 11.3 Å². The molecular weight excluding hydrogens is 287 g/mol. The van der Waals surface area contributed by atoms with Gasteiger partial charge in [-0.3, -0.25) is 0 Å². The lowest BCUT2D eigenvalue weighted by Gasteiger charge is -2.11. The van der Waals surface area contributed by atoms with Crippen molar-refractivity contribution in [1.29, 1.82) is 5.26 Å². The molecule has 0 aliphatic rings. The van der Waals surface area contributed by atoms with Gasteiger partial charge in [0.05, 0.1) is 30.1 Å². The van der Waals surface area contributed by atoms with Gasteiger partial charge in [-0.2, -0.15) is 5.26 Å². The van der Waals surface area contributed by atoms with Gasteiger partial charge in [-0.15, -0.1) is 10.2 Å². The third-order valence-electron chi connectivity index (χ3n) is 2.32. The molecule has 2 rings (SSSR count). The van der Waals surface area contributed by atoms with E-state index in [0.29, 0.717) is 22.7 Å². The molecule has 7 heteroatoms. The highest BCUT2D eigenvalue weighted by Gasteiger charge is 2.09. The van der Waals surface area contributed by atoms with Crippen molar-refractivity contribution in [2.24, 2.45) is 0 Å². The first-order valence-electron chi connectivity index (χ1n) is 5.18. The van der Waals surface area contributed by atoms with Crippen molar-refractivity contribution < 1.29 is 4.74 Å². The first kappa shape index (κ1) is 13.4. The Labute approximate surface area is 119 Å². The summed E-state index contributed by atoms with van der Waals surface area (Å²) in [5.74, 6) is 0.517. The van der Waals surface area contributed by atoms with E-state index < -0.39 is 0 Å². The van der Waals surface area contributed by atoms with E-state index in [-0.39, 0.29) is 10.3 Å². The molecule has 0 saturated heterocycles. The lowest BCUT2D eigenvalue weighted by Crippen LogP contribution is -1.98. The van der Waals surface area contributed by atoms with Crippen molar-refractivity contribution >= 4 is 34.6 Å². The normalized spacial score (nSPS) is 9.79. The number of hydrogen-bond acceptors (Lipinski definition) is 5. The van der Waals surface area contributed by atoms with Crippen molar-refractivity contribution in [3.63, 3.8) is 0 Å². The number of hydrogen-bond donors (Lipinski definition) is 1. The second-order valence-electron chi connectivity index (χ2n) is 3.52. The molecule has 1 aromatic carbocycles. The van der Waals surface area contributed by atoms with Gasteiger partial charge in [0.2, 0.25) is 0 Å². The molecule has 0 bridgehead atoms. The third-order valence-corrected chi connectivity index (χ3v) is 2.78. The summed E-state index contributed by atoms with van der Waals surface area (Å²) in [5, 5.41) is 19.6. The summed E-state index contributed by atoms with van der Waals surface area (Å²) in [6.07, 6.45) is 0. The molecule has 5 nitrogen and oxygen atoms in total. The summed E-state index contributed by atoms with van der Waals surface area (Å²) in [4.78, 5) is 0. The molecule has 1 aromatic heterocycles. The number of nitrogens with one attached hydrogen (secondary N) is 1. The fourth-order valence-corrected chi connectivity index (χ4v) is 1.74. The van der Waals surface area contributed by atoms with E-state index in [1.54, 1.807) is 24.3 Å². The molecule has 0 radical (unpaired) electrons. The van der Waals surface area contributed by atoms with Crippen LogP contribution in [0.15, 0.2) is 24.3 Å². The van der Waals surface area contributed by atoms with Gasteiger partial charge in [0.1, 0.15) is 5.75 Å². The average molecular weight is 295 g/mol. The molecule has 0 saturated carbocycles. The number of halogens is 2. The second kappa shape index (κ2) is 5.74. The van der Waals surface area contributed by atoms with Crippen LogP contribution in [0.5, 0.6) is 5.75 Å². The van der Waals surface area contributed by atoms with Gasteiger partial charge in [-0.25, -0.2) is 0 Å². The Morgan fingerprint density at radius 1 is 1.21 bits per heavy atom. The monoisotopic (exact) mass is 294 g/mol. The van der Waals surface area contributed by atoms with Crippen molar-refractivity contribution in [2.75, 3.05) is 12.4 Å². The number of anilines is 2. The van der Waals surface area contributed by atoms with Crippen LogP contribution in [-0.4, -0.2) is 17.3 Å². The molecule has 0 spiro atoms. The highest BCUT2D eigenvalue weighted by molar-refractivity contribution is 6.33. The molecule has 2 aromatic rings. The number of nitriles is 1. The second-order valence-corrected chi connectivity index (χ2v) is 4.27. The highest BCUT2D eigenvalue weighted by atomic mass is 35.5.